The first-order valence-electron chi connectivity index (χ1n) is 10.0. The van der Waals surface area contributed by atoms with Gasteiger partial charge in [-0.25, -0.2) is 9.18 Å². The van der Waals surface area contributed by atoms with Crippen molar-refractivity contribution in [3.63, 3.8) is 0 Å². The normalized spacial score (nSPS) is 16.4. The van der Waals surface area contributed by atoms with Crippen molar-refractivity contribution in [2.24, 2.45) is 0 Å². The van der Waals surface area contributed by atoms with Crippen molar-refractivity contribution in [3.05, 3.63) is 94.6 Å². The molecular weight excluding hydrogens is 427 g/mol. The predicted molar refractivity (Wildman–Crippen MR) is 122 cm³/mol. The molecule has 160 valence electrons. The van der Waals surface area contributed by atoms with Gasteiger partial charge in [-0.1, -0.05) is 35.5 Å². The van der Waals surface area contributed by atoms with E-state index in [0.717, 1.165) is 16.1 Å². The van der Waals surface area contributed by atoms with Crippen molar-refractivity contribution >= 4 is 28.6 Å². The molecule has 1 atom stereocenters. The average Bonchev–Trinajstić information content (AvgIpc) is 3.46. The Balaban J connectivity index is 1.67. The summed E-state index contributed by atoms with van der Waals surface area (Å²) in [4.78, 5) is 20.3. The van der Waals surface area contributed by atoms with Crippen LogP contribution in [0.5, 0.6) is 0 Å². The highest BCUT2D eigenvalue weighted by Crippen LogP contribution is 2.39. The molecule has 3 heterocycles. The van der Waals surface area contributed by atoms with Gasteiger partial charge in [0, 0.05) is 5.70 Å². The van der Waals surface area contributed by atoms with Crippen molar-refractivity contribution in [1.82, 2.24) is 15.5 Å². The molecule has 0 radical (unpaired) electrons. The van der Waals surface area contributed by atoms with Crippen LogP contribution in [0.1, 0.15) is 30.0 Å². The summed E-state index contributed by atoms with van der Waals surface area (Å²) in [5, 5.41) is 9.11. The van der Waals surface area contributed by atoms with Crippen LogP contribution >= 0.6 is 11.3 Å². The topological polar surface area (TPSA) is 71.3 Å². The summed E-state index contributed by atoms with van der Waals surface area (Å²) in [6.07, 6.45) is 0. The molecule has 8 heteroatoms. The molecule has 0 saturated carbocycles. The first kappa shape index (κ1) is 20.1. The Hall–Kier alpha value is -3.78. The third-order valence-electron chi connectivity index (χ3n) is 5.35. The van der Waals surface area contributed by atoms with Gasteiger partial charge in [-0.05, 0) is 60.7 Å². The number of hydrogen-bond donors (Lipinski definition) is 1. The van der Waals surface area contributed by atoms with Crippen LogP contribution in [-0.2, 0) is 0 Å². The number of aromatic nitrogens is 2. The van der Waals surface area contributed by atoms with Gasteiger partial charge in [0.15, 0.2) is 0 Å². The number of hydrogen-bond acceptors (Lipinski definition) is 5. The van der Waals surface area contributed by atoms with E-state index in [-0.39, 0.29) is 11.8 Å². The van der Waals surface area contributed by atoms with Gasteiger partial charge < -0.3 is 9.84 Å². The van der Waals surface area contributed by atoms with Crippen LogP contribution in [0.4, 0.5) is 14.9 Å². The van der Waals surface area contributed by atoms with Crippen LogP contribution < -0.4 is 10.2 Å². The van der Waals surface area contributed by atoms with E-state index in [0.29, 0.717) is 28.5 Å². The molecule has 2 aromatic carbocycles. The second-order valence-electron chi connectivity index (χ2n) is 7.51. The van der Waals surface area contributed by atoms with Crippen molar-refractivity contribution in [2.45, 2.75) is 19.9 Å². The van der Waals surface area contributed by atoms with Crippen molar-refractivity contribution in [1.29, 1.82) is 0 Å². The lowest BCUT2D eigenvalue weighted by atomic mass is 9.94. The summed E-state index contributed by atoms with van der Waals surface area (Å²) < 4.78 is 19.2. The SMILES string of the molecule is CC1=C(c2nc(-c3cccs3)no2)C(c2ccc(F)cc2)NC(=O)N1c1cccc(C)c1. The summed E-state index contributed by atoms with van der Waals surface area (Å²) >= 11 is 1.51. The maximum Gasteiger partial charge on any atom is 0.326 e. The minimum Gasteiger partial charge on any atom is -0.334 e. The summed E-state index contributed by atoms with van der Waals surface area (Å²) in [6.45, 7) is 3.82. The average molecular weight is 447 g/mol. The number of rotatable bonds is 4. The highest BCUT2D eigenvalue weighted by Gasteiger charge is 2.36. The van der Waals surface area contributed by atoms with Crippen LogP contribution in [0.15, 0.2) is 76.3 Å². The molecule has 0 bridgehead atoms. The minimum atomic E-state index is -0.569. The van der Waals surface area contributed by atoms with Crippen LogP contribution in [0.25, 0.3) is 16.3 Å². The monoisotopic (exact) mass is 446 g/mol. The number of allylic oxidation sites excluding steroid dienone is 1. The molecule has 0 fully saturated rings. The first-order chi connectivity index (χ1) is 15.5. The molecule has 32 heavy (non-hydrogen) atoms. The van der Waals surface area contributed by atoms with E-state index in [1.165, 1.54) is 23.5 Å². The maximum absolute atomic E-state index is 13.6. The molecule has 4 aromatic rings. The number of amides is 2. The third kappa shape index (κ3) is 3.58. The minimum absolute atomic E-state index is 0.288. The molecule has 1 aliphatic rings. The zero-order chi connectivity index (χ0) is 22.2. The molecular formula is C24H19FN4O2S. The number of benzene rings is 2. The summed E-state index contributed by atoms with van der Waals surface area (Å²) in [7, 11) is 0. The fourth-order valence-electron chi connectivity index (χ4n) is 3.84. The Morgan fingerprint density at radius 2 is 1.91 bits per heavy atom. The summed E-state index contributed by atoms with van der Waals surface area (Å²) in [5.74, 6) is 0.433. The van der Waals surface area contributed by atoms with Crippen molar-refractivity contribution < 1.29 is 13.7 Å². The van der Waals surface area contributed by atoms with Gasteiger partial charge in [0.25, 0.3) is 5.89 Å². The first-order valence-corrected chi connectivity index (χ1v) is 10.9. The lowest BCUT2D eigenvalue weighted by Crippen LogP contribution is -2.46. The molecule has 6 nitrogen and oxygen atoms in total. The molecule has 1 aliphatic heterocycles. The van der Waals surface area contributed by atoms with Gasteiger partial charge >= 0.3 is 6.03 Å². The molecule has 1 unspecified atom stereocenters. The highest BCUT2D eigenvalue weighted by atomic mass is 32.1. The highest BCUT2D eigenvalue weighted by molar-refractivity contribution is 7.13. The lowest BCUT2D eigenvalue weighted by Gasteiger charge is -2.35. The molecule has 2 amide bonds. The van der Waals surface area contributed by atoms with Gasteiger partial charge in [0.1, 0.15) is 5.82 Å². The van der Waals surface area contributed by atoms with Gasteiger partial charge in [0.05, 0.1) is 22.2 Å². The number of nitrogens with zero attached hydrogens (tertiary/aromatic N) is 3. The number of aryl methyl sites for hydroxylation is 1. The predicted octanol–water partition coefficient (Wildman–Crippen LogP) is 5.95. The Kier molecular flexibility index (Phi) is 5.07. The van der Waals surface area contributed by atoms with Gasteiger partial charge in [-0.2, -0.15) is 4.98 Å². The Labute approximate surface area is 188 Å². The number of urea groups is 1. The van der Waals surface area contributed by atoms with Crippen molar-refractivity contribution in [3.8, 4) is 10.7 Å². The van der Waals surface area contributed by atoms with Crippen molar-refractivity contribution in [2.75, 3.05) is 4.90 Å². The van der Waals surface area contributed by atoms with E-state index in [2.05, 4.69) is 15.5 Å². The molecule has 0 spiro atoms. The second-order valence-corrected chi connectivity index (χ2v) is 8.46. The summed E-state index contributed by atoms with van der Waals surface area (Å²) in [6, 6.07) is 16.7. The largest absolute Gasteiger partial charge is 0.334 e. The zero-order valence-electron chi connectivity index (χ0n) is 17.4. The van der Waals surface area contributed by atoms with Gasteiger partial charge in [0.2, 0.25) is 5.82 Å². The fraction of sp³-hybridized carbons (Fsp3) is 0.125. The maximum atomic E-state index is 13.6. The van der Waals surface area contributed by atoms with E-state index in [4.69, 9.17) is 4.52 Å². The van der Waals surface area contributed by atoms with Crippen LogP contribution in [0.2, 0.25) is 0 Å². The standard InChI is InChI=1S/C24H19FN4O2S/c1-14-5-3-6-18(13-14)29-15(2)20(23-27-22(28-31-23)19-7-4-12-32-19)21(26-24(29)30)16-8-10-17(25)11-9-16/h3-13,21H,1-2H3,(H,26,30). The molecule has 2 aromatic heterocycles. The Morgan fingerprint density at radius 1 is 1.09 bits per heavy atom. The Bertz CT molecular complexity index is 1310. The molecule has 1 N–H and O–H groups in total. The van der Waals surface area contributed by atoms with E-state index >= 15 is 0 Å². The van der Waals surface area contributed by atoms with Crippen LogP contribution in [0, 0.1) is 12.7 Å². The van der Waals surface area contributed by atoms with E-state index < -0.39 is 6.04 Å². The fourth-order valence-corrected chi connectivity index (χ4v) is 4.49. The zero-order valence-corrected chi connectivity index (χ0v) is 18.2. The van der Waals surface area contributed by atoms with Gasteiger partial charge in [-0.3, -0.25) is 4.90 Å². The number of nitrogens with one attached hydrogen (secondary N) is 1. The molecule has 5 rings (SSSR count). The number of halogens is 1. The number of carbonyl (C=O) groups excluding carboxylic acids is 1. The number of carbonyl (C=O) groups is 1. The van der Waals surface area contributed by atoms with E-state index in [9.17, 15) is 9.18 Å². The van der Waals surface area contributed by atoms with Gasteiger partial charge in [-0.15, -0.1) is 11.3 Å². The Morgan fingerprint density at radius 3 is 2.62 bits per heavy atom. The van der Waals surface area contributed by atoms with E-state index in [1.807, 2.05) is 55.6 Å². The third-order valence-corrected chi connectivity index (χ3v) is 6.21. The molecule has 0 aliphatic carbocycles. The van der Waals surface area contributed by atoms with E-state index in [1.54, 1.807) is 17.0 Å². The van der Waals surface area contributed by atoms with Crippen LogP contribution in [0.3, 0.4) is 0 Å². The molecule has 0 saturated heterocycles. The summed E-state index contributed by atoms with van der Waals surface area (Å²) in [5.41, 5.74) is 3.80. The quantitative estimate of drug-likeness (QED) is 0.421. The second kappa shape index (κ2) is 8.05. The number of anilines is 1. The number of thiophene rings is 1. The van der Waals surface area contributed by atoms with Crippen LogP contribution in [-0.4, -0.2) is 16.2 Å². The lowest BCUT2D eigenvalue weighted by molar-refractivity contribution is 0.244. The smallest absolute Gasteiger partial charge is 0.326 e.